The van der Waals surface area contributed by atoms with Gasteiger partial charge in [-0.2, -0.15) is 0 Å². The minimum absolute atomic E-state index is 0.391. The van der Waals surface area contributed by atoms with Gasteiger partial charge >= 0.3 is 0 Å². The number of hydrogen-bond donors (Lipinski definition) is 1. The Hall–Kier alpha value is -0.980. The predicted molar refractivity (Wildman–Crippen MR) is 38.2 cm³/mol. The molecule has 1 N–H and O–H groups in total. The molecule has 0 heterocycles. The molecule has 0 aliphatic heterocycles. The Balaban J connectivity index is 2.87. The molecular weight excluding hydrogens is 112 g/mol. The number of aliphatic hydroxyl groups excluding tert-OH is 1. The van der Waals surface area contributed by atoms with E-state index in [9.17, 15) is 0 Å². The first kappa shape index (κ1) is 6.14. The Morgan fingerprint density at radius 1 is 1.56 bits per heavy atom. The molecule has 1 aliphatic rings. The fourth-order valence-electron chi connectivity index (χ4n) is 0.829. The molecule has 1 heteroatoms. The van der Waals surface area contributed by atoms with Crippen molar-refractivity contribution in [2.24, 2.45) is 0 Å². The third kappa shape index (κ3) is 1.22. The highest BCUT2D eigenvalue weighted by Gasteiger charge is 2.02. The van der Waals surface area contributed by atoms with Crippen LogP contribution >= 0.6 is 0 Å². The van der Waals surface area contributed by atoms with Crippen molar-refractivity contribution in [2.75, 3.05) is 0 Å². The molecule has 0 amide bonds. The maximum absolute atomic E-state index is 9.05. The second-order valence-electron chi connectivity index (χ2n) is 2.33. The molecule has 0 atom stereocenters. The molecular formula is C8H10O. The molecule has 0 radical (unpaired) electrons. The normalized spacial score (nSPS) is 19.0. The molecule has 0 unspecified atom stereocenters. The molecule has 0 bridgehead atoms. The lowest BCUT2D eigenvalue weighted by atomic mass is 10.0. The van der Waals surface area contributed by atoms with Crippen molar-refractivity contribution >= 4 is 0 Å². The highest BCUT2D eigenvalue weighted by molar-refractivity contribution is 5.34. The fraction of sp³-hybridized carbons (Fsp3) is 0.250. The van der Waals surface area contributed by atoms with E-state index < -0.39 is 0 Å². The Morgan fingerprint density at radius 3 is 2.67 bits per heavy atom. The minimum Gasteiger partial charge on any atom is -0.508 e. The van der Waals surface area contributed by atoms with Crippen LogP contribution in [0.4, 0.5) is 0 Å². The van der Waals surface area contributed by atoms with Crippen LogP contribution in [0.25, 0.3) is 0 Å². The van der Waals surface area contributed by atoms with Gasteiger partial charge in [-0.25, -0.2) is 0 Å². The van der Waals surface area contributed by atoms with E-state index in [0.29, 0.717) is 5.76 Å². The molecule has 0 saturated carbocycles. The zero-order valence-corrected chi connectivity index (χ0v) is 5.52. The first-order chi connectivity index (χ1) is 4.20. The van der Waals surface area contributed by atoms with E-state index in [4.69, 9.17) is 5.11 Å². The SMILES string of the molecule is C=C1C=CC(O)=C(C)C1. The van der Waals surface area contributed by atoms with Crippen molar-refractivity contribution in [3.8, 4) is 0 Å². The van der Waals surface area contributed by atoms with Gasteiger partial charge in [-0.05, 0) is 25.0 Å². The topological polar surface area (TPSA) is 20.2 Å². The molecule has 1 nitrogen and oxygen atoms in total. The Kier molecular flexibility index (Phi) is 1.43. The Labute approximate surface area is 55.0 Å². The maximum Gasteiger partial charge on any atom is 0.114 e. The van der Waals surface area contributed by atoms with E-state index in [1.165, 1.54) is 0 Å². The quantitative estimate of drug-likeness (QED) is 0.522. The van der Waals surface area contributed by atoms with Crippen molar-refractivity contribution in [3.63, 3.8) is 0 Å². The molecule has 0 saturated heterocycles. The smallest absolute Gasteiger partial charge is 0.114 e. The van der Waals surface area contributed by atoms with Gasteiger partial charge in [0.1, 0.15) is 5.76 Å². The monoisotopic (exact) mass is 122 g/mol. The molecule has 1 rings (SSSR count). The number of rotatable bonds is 0. The van der Waals surface area contributed by atoms with Gasteiger partial charge in [0.2, 0.25) is 0 Å². The summed E-state index contributed by atoms with van der Waals surface area (Å²) in [5.74, 6) is 0.391. The van der Waals surface area contributed by atoms with Crippen LogP contribution in [0.15, 0.2) is 35.6 Å². The summed E-state index contributed by atoms with van der Waals surface area (Å²) in [6, 6.07) is 0. The van der Waals surface area contributed by atoms with E-state index in [-0.39, 0.29) is 0 Å². The average Bonchev–Trinajstić information content (AvgIpc) is 1.80. The van der Waals surface area contributed by atoms with Gasteiger partial charge in [0, 0.05) is 0 Å². The molecule has 48 valence electrons. The van der Waals surface area contributed by atoms with Crippen LogP contribution in [0.3, 0.4) is 0 Å². The van der Waals surface area contributed by atoms with Crippen molar-refractivity contribution in [2.45, 2.75) is 13.3 Å². The minimum atomic E-state index is 0.391. The molecule has 0 aromatic rings. The highest BCUT2D eigenvalue weighted by Crippen LogP contribution is 2.18. The first-order valence-electron chi connectivity index (χ1n) is 2.94. The van der Waals surface area contributed by atoms with Gasteiger partial charge in [0.15, 0.2) is 0 Å². The van der Waals surface area contributed by atoms with Gasteiger partial charge in [0.05, 0.1) is 0 Å². The van der Waals surface area contributed by atoms with Gasteiger partial charge in [-0.3, -0.25) is 0 Å². The van der Waals surface area contributed by atoms with E-state index in [1.807, 2.05) is 13.0 Å². The standard InChI is InChI=1S/C8H10O/c1-6-3-4-8(9)7(2)5-6/h3-4,9H,1,5H2,2H3. The van der Waals surface area contributed by atoms with Crippen molar-refractivity contribution < 1.29 is 5.11 Å². The lowest BCUT2D eigenvalue weighted by Gasteiger charge is -2.07. The molecule has 0 spiro atoms. The van der Waals surface area contributed by atoms with Crippen LogP contribution in [0.2, 0.25) is 0 Å². The second-order valence-corrected chi connectivity index (χ2v) is 2.33. The van der Waals surface area contributed by atoms with E-state index in [1.54, 1.807) is 6.08 Å². The molecule has 9 heavy (non-hydrogen) atoms. The number of aliphatic hydroxyl groups is 1. The van der Waals surface area contributed by atoms with E-state index in [2.05, 4.69) is 6.58 Å². The zero-order chi connectivity index (χ0) is 6.85. The summed E-state index contributed by atoms with van der Waals surface area (Å²) < 4.78 is 0. The predicted octanol–water partition coefficient (Wildman–Crippen LogP) is 2.33. The first-order valence-corrected chi connectivity index (χ1v) is 2.94. The van der Waals surface area contributed by atoms with Crippen LogP contribution in [-0.4, -0.2) is 5.11 Å². The van der Waals surface area contributed by atoms with E-state index >= 15 is 0 Å². The fourth-order valence-corrected chi connectivity index (χ4v) is 0.829. The summed E-state index contributed by atoms with van der Waals surface area (Å²) >= 11 is 0. The third-order valence-corrected chi connectivity index (χ3v) is 1.41. The Bertz CT molecular complexity index is 197. The van der Waals surface area contributed by atoms with Crippen LogP contribution in [0.5, 0.6) is 0 Å². The van der Waals surface area contributed by atoms with Gasteiger partial charge in [-0.1, -0.05) is 18.2 Å². The maximum atomic E-state index is 9.05. The van der Waals surface area contributed by atoms with Gasteiger partial charge in [-0.15, -0.1) is 0 Å². The van der Waals surface area contributed by atoms with Crippen LogP contribution in [-0.2, 0) is 0 Å². The van der Waals surface area contributed by atoms with Crippen molar-refractivity contribution in [1.82, 2.24) is 0 Å². The van der Waals surface area contributed by atoms with E-state index in [0.717, 1.165) is 17.6 Å². The lowest BCUT2D eigenvalue weighted by molar-refractivity contribution is 0.422. The van der Waals surface area contributed by atoms with Gasteiger partial charge < -0.3 is 5.11 Å². The summed E-state index contributed by atoms with van der Waals surface area (Å²) in [4.78, 5) is 0. The highest BCUT2D eigenvalue weighted by atomic mass is 16.3. The second kappa shape index (κ2) is 2.09. The Morgan fingerprint density at radius 2 is 2.22 bits per heavy atom. The molecule has 1 aliphatic carbocycles. The molecule has 0 aromatic carbocycles. The average molecular weight is 122 g/mol. The van der Waals surface area contributed by atoms with Crippen molar-refractivity contribution in [1.29, 1.82) is 0 Å². The van der Waals surface area contributed by atoms with Crippen LogP contribution in [0, 0.1) is 0 Å². The number of hydrogen-bond acceptors (Lipinski definition) is 1. The molecule has 0 fully saturated rings. The summed E-state index contributed by atoms with van der Waals surface area (Å²) in [5.41, 5.74) is 2.06. The summed E-state index contributed by atoms with van der Waals surface area (Å²) in [6.07, 6.45) is 4.33. The van der Waals surface area contributed by atoms with Gasteiger partial charge in [0.25, 0.3) is 0 Å². The zero-order valence-electron chi connectivity index (χ0n) is 5.52. The largest absolute Gasteiger partial charge is 0.508 e. The lowest BCUT2D eigenvalue weighted by Crippen LogP contribution is -1.91. The summed E-state index contributed by atoms with van der Waals surface area (Å²) in [7, 11) is 0. The van der Waals surface area contributed by atoms with Crippen LogP contribution in [0.1, 0.15) is 13.3 Å². The summed E-state index contributed by atoms with van der Waals surface area (Å²) in [5, 5.41) is 9.05. The third-order valence-electron chi connectivity index (χ3n) is 1.41. The van der Waals surface area contributed by atoms with Crippen molar-refractivity contribution in [3.05, 3.63) is 35.6 Å². The number of allylic oxidation sites excluding steroid dienone is 4. The summed E-state index contributed by atoms with van der Waals surface area (Å²) in [6.45, 7) is 5.67. The molecule has 0 aromatic heterocycles. The van der Waals surface area contributed by atoms with Crippen LogP contribution < -0.4 is 0 Å².